The Morgan fingerprint density at radius 2 is 1.81 bits per heavy atom. The highest BCUT2D eigenvalue weighted by Crippen LogP contribution is 2.39. The van der Waals surface area contributed by atoms with Gasteiger partial charge in [0.15, 0.2) is 5.82 Å². The Balaban J connectivity index is 1.47. The smallest absolute Gasteiger partial charge is 0.233 e. The van der Waals surface area contributed by atoms with E-state index < -0.39 is 0 Å². The van der Waals surface area contributed by atoms with E-state index in [0.717, 1.165) is 23.2 Å². The molecule has 1 atom stereocenters. The molecule has 1 amide bonds. The van der Waals surface area contributed by atoms with Crippen molar-refractivity contribution in [2.24, 2.45) is 0 Å². The van der Waals surface area contributed by atoms with Crippen LogP contribution in [0.25, 0.3) is 11.1 Å². The van der Waals surface area contributed by atoms with E-state index in [9.17, 15) is 4.79 Å². The van der Waals surface area contributed by atoms with Gasteiger partial charge in [-0.1, -0.05) is 61.5 Å². The second kappa shape index (κ2) is 7.16. The van der Waals surface area contributed by atoms with Crippen molar-refractivity contribution in [3.8, 4) is 11.1 Å². The summed E-state index contributed by atoms with van der Waals surface area (Å²) in [5, 5.41) is 10.2. The van der Waals surface area contributed by atoms with Crippen LogP contribution in [0.1, 0.15) is 49.3 Å². The summed E-state index contributed by atoms with van der Waals surface area (Å²) in [5.41, 5.74) is 4.50. The SMILES string of the molecule is CCC(C(=O)Nc1cc(C2CC2)[nH]n1)c1ccc(-c2ccccc2)cc1. The summed E-state index contributed by atoms with van der Waals surface area (Å²) >= 11 is 0. The number of aromatic nitrogens is 2. The van der Waals surface area contributed by atoms with E-state index in [1.165, 1.54) is 18.4 Å². The summed E-state index contributed by atoms with van der Waals surface area (Å²) in [7, 11) is 0. The molecular weight excluding hydrogens is 322 g/mol. The van der Waals surface area contributed by atoms with Gasteiger partial charge in [-0.2, -0.15) is 5.10 Å². The van der Waals surface area contributed by atoms with Crippen LogP contribution < -0.4 is 5.32 Å². The van der Waals surface area contributed by atoms with Crippen molar-refractivity contribution in [2.45, 2.75) is 38.0 Å². The fraction of sp³-hybridized carbons (Fsp3) is 0.273. The fourth-order valence-electron chi connectivity index (χ4n) is 3.33. The van der Waals surface area contributed by atoms with Gasteiger partial charge in [-0.05, 0) is 36.0 Å². The van der Waals surface area contributed by atoms with Gasteiger partial charge in [-0.3, -0.25) is 9.89 Å². The first-order valence-electron chi connectivity index (χ1n) is 9.26. The van der Waals surface area contributed by atoms with Crippen LogP contribution >= 0.6 is 0 Å². The predicted molar refractivity (Wildman–Crippen MR) is 104 cm³/mol. The second-order valence-electron chi connectivity index (χ2n) is 6.92. The van der Waals surface area contributed by atoms with Crippen LogP contribution in [0.3, 0.4) is 0 Å². The van der Waals surface area contributed by atoms with Gasteiger partial charge in [-0.25, -0.2) is 0 Å². The summed E-state index contributed by atoms with van der Waals surface area (Å²) in [4.78, 5) is 12.7. The second-order valence-corrected chi connectivity index (χ2v) is 6.92. The highest BCUT2D eigenvalue weighted by Gasteiger charge is 2.26. The minimum Gasteiger partial charge on any atom is -0.309 e. The predicted octanol–water partition coefficient (Wildman–Crippen LogP) is 5.09. The lowest BCUT2D eigenvalue weighted by Crippen LogP contribution is -2.20. The Hall–Kier alpha value is -2.88. The van der Waals surface area contributed by atoms with Crippen LogP contribution in [-0.2, 0) is 4.79 Å². The minimum atomic E-state index is -0.180. The molecule has 1 aromatic heterocycles. The zero-order valence-electron chi connectivity index (χ0n) is 14.9. The first kappa shape index (κ1) is 16.6. The molecular formula is C22H23N3O. The van der Waals surface area contributed by atoms with Gasteiger partial charge >= 0.3 is 0 Å². The molecule has 4 rings (SSSR count). The third-order valence-electron chi connectivity index (χ3n) is 5.01. The molecule has 0 bridgehead atoms. The molecule has 4 nitrogen and oxygen atoms in total. The van der Waals surface area contributed by atoms with E-state index in [1.807, 2.05) is 31.2 Å². The molecule has 0 aliphatic heterocycles. The molecule has 4 heteroatoms. The van der Waals surface area contributed by atoms with Gasteiger partial charge in [0.1, 0.15) is 0 Å². The summed E-state index contributed by atoms with van der Waals surface area (Å²) in [6.45, 7) is 2.04. The molecule has 1 fully saturated rings. The third-order valence-corrected chi connectivity index (χ3v) is 5.01. The lowest BCUT2D eigenvalue weighted by atomic mass is 9.93. The van der Waals surface area contributed by atoms with Crippen LogP contribution in [0.4, 0.5) is 5.82 Å². The van der Waals surface area contributed by atoms with Crippen molar-refractivity contribution >= 4 is 11.7 Å². The maximum absolute atomic E-state index is 12.7. The zero-order chi connectivity index (χ0) is 17.9. The van der Waals surface area contributed by atoms with Gasteiger partial charge in [0.25, 0.3) is 0 Å². The summed E-state index contributed by atoms with van der Waals surface area (Å²) in [6, 6.07) is 20.5. The summed E-state index contributed by atoms with van der Waals surface area (Å²) in [6.07, 6.45) is 3.16. The third kappa shape index (κ3) is 3.54. The number of amides is 1. The fourth-order valence-corrected chi connectivity index (χ4v) is 3.33. The monoisotopic (exact) mass is 345 g/mol. The van der Waals surface area contributed by atoms with Crippen molar-refractivity contribution in [2.75, 3.05) is 5.32 Å². The zero-order valence-corrected chi connectivity index (χ0v) is 14.9. The van der Waals surface area contributed by atoms with Crippen molar-refractivity contribution in [3.63, 3.8) is 0 Å². The van der Waals surface area contributed by atoms with Gasteiger partial charge in [0.2, 0.25) is 5.91 Å². The number of rotatable bonds is 6. The lowest BCUT2D eigenvalue weighted by Gasteiger charge is -2.15. The van der Waals surface area contributed by atoms with E-state index in [2.05, 4.69) is 51.9 Å². The molecule has 1 aliphatic carbocycles. The normalized spacial score (nSPS) is 14.8. The highest BCUT2D eigenvalue weighted by atomic mass is 16.1. The lowest BCUT2D eigenvalue weighted by molar-refractivity contribution is -0.117. The number of H-pyrrole nitrogens is 1. The topological polar surface area (TPSA) is 57.8 Å². The Labute approximate surface area is 153 Å². The number of anilines is 1. The average Bonchev–Trinajstić information content (AvgIpc) is 3.43. The van der Waals surface area contributed by atoms with Crippen LogP contribution in [0.5, 0.6) is 0 Å². The Morgan fingerprint density at radius 1 is 1.12 bits per heavy atom. The van der Waals surface area contributed by atoms with E-state index >= 15 is 0 Å². The summed E-state index contributed by atoms with van der Waals surface area (Å²) < 4.78 is 0. The van der Waals surface area contributed by atoms with Crippen LogP contribution in [0.15, 0.2) is 60.7 Å². The van der Waals surface area contributed by atoms with E-state index in [4.69, 9.17) is 0 Å². The Kier molecular flexibility index (Phi) is 4.57. The molecule has 1 saturated carbocycles. The standard InChI is InChI=1S/C22H23N3O/c1-2-19(22(26)23-21-14-20(24-25-21)18-12-13-18)17-10-8-16(9-11-17)15-6-4-3-5-7-15/h3-11,14,18-19H,2,12-13H2,1H3,(H2,23,24,25,26). The largest absolute Gasteiger partial charge is 0.309 e. The maximum atomic E-state index is 12.7. The molecule has 0 saturated heterocycles. The number of hydrogen-bond donors (Lipinski definition) is 2. The first-order valence-corrected chi connectivity index (χ1v) is 9.26. The molecule has 1 heterocycles. The number of nitrogens with one attached hydrogen (secondary N) is 2. The van der Waals surface area contributed by atoms with E-state index in [-0.39, 0.29) is 11.8 Å². The Bertz CT molecular complexity index is 879. The number of hydrogen-bond acceptors (Lipinski definition) is 2. The van der Waals surface area contributed by atoms with E-state index in [1.54, 1.807) is 0 Å². The maximum Gasteiger partial charge on any atom is 0.233 e. The van der Waals surface area contributed by atoms with Crippen molar-refractivity contribution < 1.29 is 4.79 Å². The molecule has 132 valence electrons. The number of aromatic amines is 1. The first-order chi connectivity index (χ1) is 12.7. The number of carbonyl (C=O) groups is 1. The number of carbonyl (C=O) groups excluding carboxylic acids is 1. The van der Waals surface area contributed by atoms with Crippen molar-refractivity contribution in [3.05, 3.63) is 71.9 Å². The van der Waals surface area contributed by atoms with E-state index in [0.29, 0.717) is 11.7 Å². The molecule has 0 spiro atoms. The van der Waals surface area contributed by atoms with Crippen LogP contribution in [0.2, 0.25) is 0 Å². The Morgan fingerprint density at radius 3 is 2.46 bits per heavy atom. The molecule has 3 aromatic rings. The molecule has 0 radical (unpaired) electrons. The average molecular weight is 345 g/mol. The summed E-state index contributed by atoms with van der Waals surface area (Å²) in [5.74, 6) is 1.03. The van der Waals surface area contributed by atoms with Gasteiger partial charge in [0, 0.05) is 17.7 Å². The number of nitrogens with zero attached hydrogens (tertiary/aromatic N) is 1. The van der Waals surface area contributed by atoms with Crippen LogP contribution in [0, 0.1) is 0 Å². The minimum absolute atomic E-state index is 0.00573. The molecule has 1 unspecified atom stereocenters. The quantitative estimate of drug-likeness (QED) is 0.654. The highest BCUT2D eigenvalue weighted by molar-refractivity contribution is 5.95. The molecule has 1 aliphatic rings. The van der Waals surface area contributed by atoms with Crippen molar-refractivity contribution in [1.82, 2.24) is 10.2 Å². The number of benzene rings is 2. The molecule has 2 aromatic carbocycles. The van der Waals surface area contributed by atoms with Gasteiger partial charge < -0.3 is 5.32 Å². The van der Waals surface area contributed by atoms with Crippen LogP contribution in [-0.4, -0.2) is 16.1 Å². The molecule has 2 N–H and O–H groups in total. The van der Waals surface area contributed by atoms with Crippen molar-refractivity contribution in [1.29, 1.82) is 0 Å². The molecule has 26 heavy (non-hydrogen) atoms. The van der Waals surface area contributed by atoms with Gasteiger partial charge in [0.05, 0.1) is 5.92 Å². The van der Waals surface area contributed by atoms with Gasteiger partial charge in [-0.15, -0.1) is 0 Å².